The van der Waals surface area contributed by atoms with Crippen molar-refractivity contribution in [1.29, 1.82) is 0 Å². The van der Waals surface area contributed by atoms with Crippen molar-refractivity contribution >= 4 is 27.3 Å². The van der Waals surface area contributed by atoms with E-state index in [2.05, 4.69) is 39.3 Å². The standard InChI is InChI=1S/C12H19BrN2S/c1-15(9-12(8-14)3-4-12)5-2-11-6-10(13)7-16-11/h6-7H,2-5,8-9,14H2,1H3. The maximum absolute atomic E-state index is 5.80. The SMILES string of the molecule is CN(CCc1cc(Br)cs1)CC1(CN)CC1. The molecule has 2 N–H and O–H groups in total. The van der Waals surface area contributed by atoms with E-state index in [0.717, 1.165) is 26.1 Å². The number of halogens is 1. The van der Waals surface area contributed by atoms with Crippen LogP contribution in [0.5, 0.6) is 0 Å². The van der Waals surface area contributed by atoms with Crippen molar-refractivity contribution in [3.8, 4) is 0 Å². The summed E-state index contributed by atoms with van der Waals surface area (Å²) in [5.74, 6) is 0. The van der Waals surface area contributed by atoms with Crippen molar-refractivity contribution in [2.24, 2.45) is 11.1 Å². The Kier molecular flexibility index (Phi) is 4.06. The summed E-state index contributed by atoms with van der Waals surface area (Å²) in [6.07, 6.45) is 3.78. The molecule has 2 rings (SSSR count). The van der Waals surface area contributed by atoms with E-state index in [-0.39, 0.29) is 0 Å². The highest BCUT2D eigenvalue weighted by Crippen LogP contribution is 2.44. The molecule has 0 radical (unpaired) electrons. The van der Waals surface area contributed by atoms with Crippen molar-refractivity contribution in [1.82, 2.24) is 4.90 Å². The Morgan fingerprint density at radius 3 is 2.81 bits per heavy atom. The van der Waals surface area contributed by atoms with Crippen LogP contribution in [0.4, 0.5) is 0 Å². The van der Waals surface area contributed by atoms with Gasteiger partial charge in [-0.15, -0.1) is 11.3 Å². The first kappa shape index (κ1) is 12.6. The third-order valence-electron chi connectivity index (χ3n) is 3.36. The van der Waals surface area contributed by atoms with Crippen molar-refractivity contribution in [2.45, 2.75) is 19.3 Å². The van der Waals surface area contributed by atoms with Gasteiger partial charge in [0.25, 0.3) is 0 Å². The number of nitrogens with two attached hydrogens (primary N) is 1. The molecule has 1 fully saturated rings. The highest BCUT2D eigenvalue weighted by Gasteiger charge is 2.41. The molecule has 0 unspecified atom stereocenters. The smallest absolute Gasteiger partial charge is 0.0285 e. The molecule has 1 aliphatic carbocycles. The zero-order valence-corrected chi connectivity index (χ0v) is 12.1. The van der Waals surface area contributed by atoms with Crippen LogP contribution >= 0.6 is 27.3 Å². The Hall–Kier alpha value is 0.1000. The molecule has 2 nitrogen and oxygen atoms in total. The zero-order chi connectivity index (χ0) is 11.6. The molecule has 1 heterocycles. The fourth-order valence-corrected chi connectivity index (χ4v) is 3.49. The van der Waals surface area contributed by atoms with Crippen LogP contribution in [0.3, 0.4) is 0 Å². The van der Waals surface area contributed by atoms with Crippen LogP contribution < -0.4 is 5.73 Å². The molecule has 0 amide bonds. The third kappa shape index (κ3) is 3.29. The Bertz CT molecular complexity index is 347. The minimum absolute atomic E-state index is 0.463. The van der Waals surface area contributed by atoms with Gasteiger partial charge in [-0.1, -0.05) is 0 Å². The summed E-state index contributed by atoms with van der Waals surface area (Å²) in [5.41, 5.74) is 6.26. The minimum Gasteiger partial charge on any atom is -0.330 e. The third-order valence-corrected chi connectivity index (χ3v) is 5.11. The van der Waals surface area contributed by atoms with Crippen LogP contribution in [0.1, 0.15) is 17.7 Å². The summed E-state index contributed by atoms with van der Waals surface area (Å²) in [6, 6.07) is 2.22. The highest BCUT2D eigenvalue weighted by atomic mass is 79.9. The van der Waals surface area contributed by atoms with Crippen LogP contribution in [-0.4, -0.2) is 31.6 Å². The molecule has 4 heteroatoms. The van der Waals surface area contributed by atoms with Crippen molar-refractivity contribution in [2.75, 3.05) is 26.7 Å². The van der Waals surface area contributed by atoms with Crippen molar-refractivity contribution in [3.05, 3.63) is 20.8 Å². The van der Waals surface area contributed by atoms with E-state index in [1.807, 2.05) is 11.3 Å². The van der Waals surface area contributed by atoms with E-state index in [4.69, 9.17) is 5.73 Å². The molecule has 0 aromatic carbocycles. The molecule has 0 aliphatic heterocycles. The molecule has 1 saturated carbocycles. The summed E-state index contributed by atoms with van der Waals surface area (Å²) in [6.45, 7) is 3.15. The van der Waals surface area contributed by atoms with Gasteiger partial charge < -0.3 is 10.6 Å². The molecule has 1 aliphatic rings. The molecule has 0 saturated heterocycles. The van der Waals surface area contributed by atoms with Crippen molar-refractivity contribution in [3.63, 3.8) is 0 Å². The normalized spacial score (nSPS) is 18.0. The lowest BCUT2D eigenvalue weighted by Gasteiger charge is -2.22. The molecular formula is C12H19BrN2S. The Morgan fingerprint density at radius 1 is 1.56 bits per heavy atom. The molecule has 16 heavy (non-hydrogen) atoms. The topological polar surface area (TPSA) is 29.3 Å². The second kappa shape index (κ2) is 5.17. The molecule has 1 aromatic rings. The van der Waals surface area contributed by atoms with Crippen molar-refractivity contribution < 1.29 is 0 Å². The first-order chi connectivity index (χ1) is 7.63. The van der Waals surface area contributed by atoms with E-state index in [9.17, 15) is 0 Å². The Morgan fingerprint density at radius 2 is 2.31 bits per heavy atom. The van der Waals surface area contributed by atoms with Crippen LogP contribution in [0.25, 0.3) is 0 Å². The quantitative estimate of drug-likeness (QED) is 0.875. The molecule has 1 aromatic heterocycles. The maximum atomic E-state index is 5.80. The number of nitrogens with zero attached hydrogens (tertiary/aromatic N) is 1. The second-order valence-corrected chi connectivity index (χ2v) is 6.83. The Balaban J connectivity index is 1.73. The highest BCUT2D eigenvalue weighted by molar-refractivity contribution is 9.10. The lowest BCUT2D eigenvalue weighted by Crippen LogP contribution is -2.32. The van der Waals surface area contributed by atoms with Gasteiger partial charge in [0.2, 0.25) is 0 Å². The van der Waals surface area contributed by atoms with E-state index >= 15 is 0 Å². The summed E-state index contributed by atoms with van der Waals surface area (Å²) in [5, 5.41) is 2.15. The van der Waals surface area contributed by atoms with Gasteiger partial charge in [0.05, 0.1) is 0 Å². The number of hydrogen-bond acceptors (Lipinski definition) is 3. The summed E-state index contributed by atoms with van der Waals surface area (Å²) >= 11 is 5.32. The average Bonchev–Trinajstić information content (AvgIpc) is 2.91. The van der Waals surface area contributed by atoms with E-state index in [1.165, 1.54) is 22.2 Å². The first-order valence-corrected chi connectivity index (χ1v) is 7.42. The van der Waals surface area contributed by atoms with Gasteiger partial charge in [-0.3, -0.25) is 0 Å². The van der Waals surface area contributed by atoms with Gasteiger partial charge in [0.1, 0.15) is 0 Å². The molecule has 0 bridgehead atoms. The van der Waals surface area contributed by atoms with E-state index < -0.39 is 0 Å². The lowest BCUT2D eigenvalue weighted by atomic mass is 10.1. The van der Waals surface area contributed by atoms with Crippen LogP contribution in [0.15, 0.2) is 15.9 Å². The van der Waals surface area contributed by atoms with Crippen LogP contribution in [0.2, 0.25) is 0 Å². The minimum atomic E-state index is 0.463. The summed E-state index contributed by atoms with van der Waals surface area (Å²) in [4.78, 5) is 3.88. The number of rotatable bonds is 6. The zero-order valence-electron chi connectivity index (χ0n) is 9.71. The Labute approximate surface area is 110 Å². The summed E-state index contributed by atoms with van der Waals surface area (Å²) < 4.78 is 1.20. The van der Waals surface area contributed by atoms with Gasteiger partial charge in [-0.05, 0) is 60.3 Å². The van der Waals surface area contributed by atoms with Gasteiger partial charge in [-0.2, -0.15) is 0 Å². The van der Waals surface area contributed by atoms with Gasteiger partial charge in [-0.25, -0.2) is 0 Å². The first-order valence-electron chi connectivity index (χ1n) is 5.75. The van der Waals surface area contributed by atoms with Gasteiger partial charge >= 0.3 is 0 Å². The predicted molar refractivity (Wildman–Crippen MR) is 73.9 cm³/mol. The predicted octanol–water partition coefficient (Wildman–Crippen LogP) is 2.72. The number of likely N-dealkylation sites (N-methyl/N-ethyl adjacent to an activating group) is 1. The van der Waals surface area contributed by atoms with E-state index in [0.29, 0.717) is 5.41 Å². The fraction of sp³-hybridized carbons (Fsp3) is 0.667. The van der Waals surface area contributed by atoms with Gasteiger partial charge in [0.15, 0.2) is 0 Å². The fourth-order valence-electron chi connectivity index (χ4n) is 2.04. The lowest BCUT2D eigenvalue weighted by molar-refractivity contribution is 0.269. The van der Waals surface area contributed by atoms with Gasteiger partial charge in [0, 0.05) is 27.8 Å². The summed E-state index contributed by atoms with van der Waals surface area (Å²) in [7, 11) is 2.21. The largest absolute Gasteiger partial charge is 0.330 e. The maximum Gasteiger partial charge on any atom is 0.0285 e. The van der Waals surface area contributed by atoms with Crippen LogP contribution in [-0.2, 0) is 6.42 Å². The average molecular weight is 303 g/mol. The second-order valence-electron chi connectivity index (χ2n) is 4.92. The molecule has 90 valence electrons. The molecular weight excluding hydrogens is 284 g/mol. The monoisotopic (exact) mass is 302 g/mol. The van der Waals surface area contributed by atoms with Crippen LogP contribution in [0, 0.1) is 5.41 Å². The number of hydrogen-bond donors (Lipinski definition) is 1. The molecule has 0 spiro atoms. The number of thiophene rings is 1. The molecule has 0 atom stereocenters. The van der Waals surface area contributed by atoms with E-state index in [1.54, 1.807) is 0 Å².